The van der Waals surface area contributed by atoms with Crippen LogP contribution in [-0.2, 0) is 0 Å². The van der Waals surface area contributed by atoms with Gasteiger partial charge < -0.3 is 15.0 Å². The molecule has 1 N–H and O–H groups in total. The maximum absolute atomic E-state index is 14.3. The van der Waals surface area contributed by atoms with Crippen molar-refractivity contribution < 1.29 is 4.74 Å². The average molecular weight is 537 g/mol. The fraction of sp³-hybridized carbons (Fsp3) is 0.469. The highest BCUT2D eigenvalue weighted by Crippen LogP contribution is 2.39. The van der Waals surface area contributed by atoms with Crippen molar-refractivity contribution in [2.24, 2.45) is 0 Å². The smallest absolute Gasteiger partial charge is 0.319 e. The highest BCUT2D eigenvalue weighted by Gasteiger charge is 2.45. The van der Waals surface area contributed by atoms with E-state index in [1.54, 1.807) is 4.57 Å². The lowest BCUT2D eigenvalue weighted by Gasteiger charge is -2.34. The van der Waals surface area contributed by atoms with Crippen molar-refractivity contribution in [2.75, 3.05) is 37.7 Å². The van der Waals surface area contributed by atoms with Crippen molar-refractivity contribution in [3.63, 3.8) is 0 Å². The minimum atomic E-state index is -0.125. The van der Waals surface area contributed by atoms with Gasteiger partial charge in [-0.25, -0.2) is 0 Å². The van der Waals surface area contributed by atoms with Crippen LogP contribution in [0.2, 0.25) is 0 Å². The Morgan fingerprint density at radius 3 is 2.52 bits per heavy atom. The molecule has 4 fully saturated rings. The Balaban J connectivity index is 1.27. The molecule has 4 saturated heterocycles. The molecule has 2 aromatic heterocycles. The third-order valence-corrected chi connectivity index (χ3v) is 9.82. The average Bonchev–Trinajstić information content (AvgIpc) is 3.65. The lowest BCUT2D eigenvalue weighted by atomic mass is 9.95. The molecule has 40 heavy (non-hydrogen) atoms. The standard InChI is InChI=1S/C32H36N6O2/c1-21-17-26-28(30(39)38(21)27-10-4-8-22-7-2-3-9-25(22)27)34-31(40-20-32-13-5-15-37(32)16-6-14-32)35-29(26)36-18-23-11-12-24(19-36)33-23/h2-4,7-10,17,23-24,33H,5-6,11-16,18-20H2,1H3. The maximum Gasteiger partial charge on any atom is 0.319 e. The molecule has 0 spiro atoms. The normalized spacial score (nSPS) is 23.8. The number of nitrogens with zero attached hydrogens (tertiary/aromatic N) is 5. The second-order valence-electron chi connectivity index (χ2n) is 12.3. The molecule has 4 aromatic rings. The zero-order chi connectivity index (χ0) is 26.8. The molecule has 2 bridgehead atoms. The van der Waals surface area contributed by atoms with Crippen LogP contribution in [0.4, 0.5) is 5.82 Å². The van der Waals surface area contributed by atoms with Crippen LogP contribution < -0.4 is 20.5 Å². The molecule has 206 valence electrons. The molecule has 4 aliphatic rings. The zero-order valence-electron chi connectivity index (χ0n) is 23.1. The van der Waals surface area contributed by atoms with Crippen LogP contribution in [0.3, 0.4) is 0 Å². The number of anilines is 1. The summed E-state index contributed by atoms with van der Waals surface area (Å²) < 4.78 is 8.26. The van der Waals surface area contributed by atoms with Crippen molar-refractivity contribution in [1.82, 2.24) is 24.8 Å². The van der Waals surface area contributed by atoms with Crippen molar-refractivity contribution in [3.05, 3.63) is 64.6 Å². The molecule has 2 aromatic carbocycles. The summed E-state index contributed by atoms with van der Waals surface area (Å²) in [6, 6.07) is 17.6. The number of benzene rings is 2. The van der Waals surface area contributed by atoms with E-state index in [0.717, 1.165) is 72.4 Å². The summed E-state index contributed by atoms with van der Waals surface area (Å²) >= 11 is 0. The Morgan fingerprint density at radius 1 is 0.975 bits per heavy atom. The molecule has 0 amide bonds. The van der Waals surface area contributed by atoms with E-state index < -0.39 is 0 Å². The van der Waals surface area contributed by atoms with E-state index in [0.29, 0.717) is 30.2 Å². The molecule has 4 aliphatic heterocycles. The number of piperazine rings is 1. The number of hydrogen-bond donors (Lipinski definition) is 1. The molecule has 8 heteroatoms. The third-order valence-electron chi connectivity index (χ3n) is 9.82. The minimum absolute atomic E-state index is 0.0864. The topological polar surface area (TPSA) is 75.5 Å². The van der Waals surface area contributed by atoms with Gasteiger partial charge in [-0.3, -0.25) is 14.3 Å². The summed E-state index contributed by atoms with van der Waals surface area (Å²) in [5.74, 6) is 0.830. The number of rotatable bonds is 5. The van der Waals surface area contributed by atoms with Gasteiger partial charge in [0.2, 0.25) is 0 Å². The second kappa shape index (κ2) is 9.28. The van der Waals surface area contributed by atoms with E-state index in [1.165, 1.54) is 25.7 Å². The maximum atomic E-state index is 14.3. The van der Waals surface area contributed by atoms with E-state index >= 15 is 0 Å². The lowest BCUT2D eigenvalue weighted by Crippen LogP contribution is -2.51. The monoisotopic (exact) mass is 536 g/mol. The first-order chi connectivity index (χ1) is 19.6. The fourth-order valence-electron chi connectivity index (χ4n) is 7.91. The molecule has 2 unspecified atom stereocenters. The first-order valence-electron chi connectivity index (χ1n) is 14.9. The number of aryl methyl sites for hydroxylation is 1. The minimum Gasteiger partial charge on any atom is -0.461 e. The van der Waals surface area contributed by atoms with E-state index in [1.807, 2.05) is 31.2 Å². The first-order valence-corrected chi connectivity index (χ1v) is 14.9. The number of pyridine rings is 1. The number of ether oxygens (including phenoxy) is 1. The zero-order valence-corrected chi connectivity index (χ0v) is 23.1. The van der Waals surface area contributed by atoms with E-state index in [2.05, 4.69) is 39.4 Å². The van der Waals surface area contributed by atoms with E-state index in [9.17, 15) is 4.79 Å². The molecule has 0 saturated carbocycles. The van der Waals surface area contributed by atoms with Crippen molar-refractivity contribution in [2.45, 2.75) is 63.1 Å². The van der Waals surface area contributed by atoms with Crippen LogP contribution in [0.25, 0.3) is 27.4 Å². The summed E-state index contributed by atoms with van der Waals surface area (Å²) in [6.07, 6.45) is 7.10. The number of nitrogens with one attached hydrogen (secondary N) is 1. The second-order valence-corrected chi connectivity index (χ2v) is 12.3. The van der Waals surface area contributed by atoms with Gasteiger partial charge in [0, 0.05) is 36.3 Å². The summed E-state index contributed by atoms with van der Waals surface area (Å²) in [4.78, 5) is 29.1. The van der Waals surface area contributed by atoms with Crippen LogP contribution >= 0.6 is 0 Å². The van der Waals surface area contributed by atoms with Gasteiger partial charge in [0.1, 0.15) is 17.9 Å². The summed E-state index contributed by atoms with van der Waals surface area (Å²) in [6.45, 7) is 6.63. The van der Waals surface area contributed by atoms with Gasteiger partial charge in [-0.1, -0.05) is 36.4 Å². The number of aromatic nitrogens is 3. The predicted molar refractivity (Wildman–Crippen MR) is 158 cm³/mol. The van der Waals surface area contributed by atoms with E-state index in [4.69, 9.17) is 14.7 Å². The Bertz CT molecular complexity index is 1650. The third kappa shape index (κ3) is 3.84. The lowest BCUT2D eigenvalue weighted by molar-refractivity contribution is 0.108. The van der Waals surface area contributed by atoms with Gasteiger partial charge in [-0.2, -0.15) is 9.97 Å². The molecule has 0 aliphatic carbocycles. The largest absolute Gasteiger partial charge is 0.461 e. The molecule has 2 atom stereocenters. The SMILES string of the molecule is Cc1cc2c(N3CC4CCC(C3)N4)nc(OCC34CCCN3CCC4)nc2c(=O)n1-c1cccc2ccccc12. The van der Waals surface area contributed by atoms with Crippen LogP contribution in [0, 0.1) is 6.92 Å². The molecule has 8 nitrogen and oxygen atoms in total. The Labute approximate surface area is 234 Å². The van der Waals surface area contributed by atoms with Gasteiger partial charge in [-0.15, -0.1) is 0 Å². The quantitative estimate of drug-likeness (QED) is 0.410. The van der Waals surface area contributed by atoms with Crippen LogP contribution in [0.1, 0.15) is 44.2 Å². The fourth-order valence-corrected chi connectivity index (χ4v) is 7.91. The van der Waals surface area contributed by atoms with Crippen molar-refractivity contribution in [3.8, 4) is 11.7 Å². The number of hydrogen-bond acceptors (Lipinski definition) is 7. The van der Waals surface area contributed by atoms with Gasteiger partial charge in [0.05, 0.1) is 16.6 Å². The Hall–Kier alpha value is -3.49. The summed E-state index contributed by atoms with van der Waals surface area (Å²) in [7, 11) is 0. The van der Waals surface area contributed by atoms with E-state index in [-0.39, 0.29) is 11.1 Å². The number of fused-ring (bicyclic) bond motifs is 5. The molecule has 0 radical (unpaired) electrons. The molecular formula is C32H36N6O2. The predicted octanol–water partition coefficient (Wildman–Crippen LogP) is 4.19. The highest BCUT2D eigenvalue weighted by molar-refractivity contribution is 5.93. The summed E-state index contributed by atoms with van der Waals surface area (Å²) in [5.41, 5.74) is 2.13. The molecular weight excluding hydrogens is 500 g/mol. The van der Waals surface area contributed by atoms with Gasteiger partial charge in [0.15, 0.2) is 0 Å². The van der Waals surface area contributed by atoms with Gasteiger partial charge in [-0.05, 0) is 76.1 Å². The van der Waals surface area contributed by atoms with Crippen molar-refractivity contribution >= 4 is 27.5 Å². The van der Waals surface area contributed by atoms with Crippen LogP contribution in [0.5, 0.6) is 6.01 Å². The molecule has 6 heterocycles. The Kier molecular flexibility index (Phi) is 5.64. The summed E-state index contributed by atoms with van der Waals surface area (Å²) in [5, 5.41) is 6.68. The van der Waals surface area contributed by atoms with Crippen molar-refractivity contribution in [1.29, 1.82) is 0 Å². The highest BCUT2D eigenvalue weighted by atomic mass is 16.5. The first kappa shape index (κ1) is 24.3. The Morgan fingerprint density at radius 2 is 1.73 bits per heavy atom. The van der Waals surface area contributed by atoms with Gasteiger partial charge in [0.25, 0.3) is 5.56 Å². The van der Waals surface area contributed by atoms with Crippen LogP contribution in [0.15, 0.2) is 53.3 Å². The van der Waals surface area contributed by atoms with Gasteiger partial charge >= 0.3 is 6.01 Å². The molecule has 8 rings (SSSR count). The van der Waals surface area contributed by atoms with Crippen LogP contribution in [-0.4, -0.2) is 69.8 Å².